The number of nitrogens with zero attached hydrogens (tertiary/aromatic N) is 3. The first-order valence-corrected chi connectivity index (χ1v) is 6.03. The van der Waals surface area contributed by atoms with E-state index >= 15 is 0 Å². The molecule has 0 aliphatic carbocycles. The van der Waals surface area contributed by atoms with Crippen molar-refractivity contribution in [3.8, 4) is 23.6 Å². The molecule has 0 N–H and O–H groups in total. The third kappa shape index (κ3) is 3.07. The molecule has 0 saturated heterocycles. The lowest BCUT2D eigenvalue weighted by Crippen LogP contribution is -1.93. The van der Waals surface area contributed by atoms with Crippen molar-refractivity contribution in [1.29, 1.82) is 5.26 Å². The van der Waals surface area contributed by atoms with Crippen LogP contribution < -0.4 is 9.47 Å². The molecule has 6 heteroatoms. The first-order valence-electron chi connectivity index (χ1n) is 4.96. The number of aromatic nitrogens is 2. The zero-order valence-electron chi connectivity index (χ0n) is 9.42. The highest BCUT2D eigenvalue weighted by molar-refractivity contribution is 14.1. The number of methoxy groups -OCH3 is 1. The molecule has 5 nitrogen and oxygen atoms in total. The van der Waals surface area contributed by atoms with Gasteiger partial charge in [0, 0.05) is 22.0 Å². The van der Waals surface area contributed by atoms with E-state index in [2.05, 4.69) is 32.6 Å². The van der Waals surface area contributed by atoms with Crippen molar-refractivity contribution in [3.63, 3.8) is 0 Å². The highest BCUT2D eigenvalue weighted by atomic mass is 127. The van der Waals surface area contributed by atoms with Gasteiger partial charge in [-0.25, -0.2) is 9.97 Å². The molecular formula is C12H8IN3O2. The van der Waals surface area contributed by atoms with E-state index < -0.39 is 0 Å². The Hall–Kier alpha value is -1.88. The van der Waals surface area contributed by atoms with Crippen LogP contribution in [0.4, 0.5) is 0 Å². The normalized spacial score (nSPS) is 9.61. The van der Waals surface area contributed by atoms with Crippen LogP contribution in [0.5, 0.6) is 17.5 Å². The van der Waals surface area contributed by atoms with Gasteiger partial charge in [-0.15, -0.1) is 0 Å². The number of hydrogen-bond acceptors (Lipinski definition) is 5. The van der Waals surface area contributed by atoms with Gasteiger partial charge >= 0.3 is 6.01 Å². The highest BCUT2D eigenvalue weighted by Crippen LogP contribution is 2.25. The largest absolute Gasteiger partial charge is 0.497 e. The van der Waals surface area contributed by atoms with E-state index in [1.54, 1.807) is 30.6 Å². The molecule has 2 aromatic rings. The Bertz CT molecular complexity index is 593. The Morgan fingerprint density at radius 2 is 1.83 bits per heavy atom. The predicted octanol–water partition coefficient (Wildman–Crippen LogP) is 2.75. The molecule has 0 unspecified atom stereocenters. The quantitative estimate of drug-likeness (QED) is 0.794. The van der Waals surface area contributed by atoms with Gasteiger partial charge in [0.1, 0.15) is 11.5 Å². The van der Waals surface area contributed by atoms with Crippen LogP contribution in [0.3, 0.4) is 0 Å². The van der Waals surface area contributed by atoms with Crippen LogP contribution in [-0.2, 0) is 0 Å². The maximum Gasteiger partial charge on any atom is 0.321 e. The number of nitriles is 1. The smallest absolute Gasteiger partial charge is 0.321 e. The second kappa shape index (κ2) is 5.64. The molecule has 0 bridgehead atoms. The molecule has 0 aliphatic heterocycles. The monoisotopic (exact) mass is 353 g/mol. The lowest BCUT2D eigenvalue weighted by atomic mass is 10.2. The topological polar surface area (TPSA) is 68.0 Å². The molecule has 0 aliphatic rings. The summed E-state index contributed by atoms with van der Waals surface area (Å²) in [4.78, 5) is 8.04. The van der Waals surface area contributed by atoms with Crippen LogP contribution in [0.1, 0.15) is 5.56 Å². The van der Waals surface area contributed by atoms with Crippen LogP contribution in [0.2, 0.25) is 0 Å². The summed E-state index contributed by atoms with van der Waals surface area (Å²) in [6.07, 6.45) is 3.29. The van der Waals surface area contributed by atoms with Crippen LogP contribution in [0, 0.1) is 14.9 Å². The van der Waals surface area contributed by atoms with Crippen molar-refractivity contribution in [2.45, 2.75) is 0 Å². The zero-order valence-corrected chi connectivity index (χ0v) is 11.6. The van der Waals surface area contributed by atoms with Crippen molar-refractivity contribution in [2.24, 2.45) is 0 Å². The van der Waals surface area contributed by atoms with E-state index in [-0.39, 0.29) is 6.01 Å². The van der Waals surface area contributed by atoms with Crippen molar-refractivity contribution in [3.05, 3.63) is 39.7 Å². The number of ether oxygens (including phenoxy) is 2. The van der Waals surface area contributed by atoms with E-state index in [1.165, 1.54) is 7.11 Å². The molecule has 0 radical (unpaired) electrons. The van der Waals surface area contributed by atoms with Gasteiger partial charge in [0.05, 0.1) is 18.7 Å². The number of halogens is 1. The lowest BCUT2D eigenvalue weighted by Gasteiger charge is -2.06. The van der Waals surface area contributed by atoms with Crippen molar-refractivity contribution in [2.75, 3.05) is 7.11 Å². The molecule has 0 atom stereocenters. The average Bonchev–Trinajstić information content (AvgIpc) is 2.41. The second-order valence-electron chi connectivity index (χ2n) is 3.29. The van der Waals surface area contributed by atoms with E-state index in [0.29, 0.717) is 17.1 Å². The molecule has 2 rings (SSSR count). The minimum atomic E-state index is 0.229. The Morgan fingerprint density at radius 1 is 1.17 bits per heavy atom. The summed E-state index contributed by atoms with van der Waals surface area (Å²) in [6.45, 7) is 0. The number of benzene rings is 1. The van der Waals surface area contributed by atoms with E-state index in [0.717, 1.165) is 3.57 Å². The van der Waals surface area contributed by atoms with Crippen LogP contribution >= 0.6 is 22.6 Å². The standard InChI is InChI=1S/C12H8IN3O2/c1-17-10-2-8(5-14)3-11(4-10)18-12-15-6-9(13)7-16-12/h2-4,6-7H,1H3. The van der Waals surface area contributed by atoms with Crippen LogP contribution in [-0.4, -0.2) is 17.1 Å². The maximum absolute atomic E-state index is 8.89. The fourth-order valence-electron chi connectivity index (χ4n) is 1.27. The molecule has 0 saturated carbocycles. The Balaban J connectivity index is 2.28. The third-order valence-electron chi connectivity index (χ3n) is 2.05. The van der Waals surface area contributed by atoms with Gasteiger partial charge in [-0.3, -0.25) is 0 Å². The lowest BCUT2D eigenvalue weighted by molar-refractivity contribution is 0.404. The Labute approximate surface area is 118 Å². The summed E-state index contributed by atoms with van der Waals surface area (Å²) >= 11 is 2.11. The Morgan fingerprint density at radius 3 is 2.44 bits per heavy atom. The highest BCUT2D eigenvalue weighted by Gasteiger charge is 2.05. The molecule has 0 amide bonds. The van der Waals surface area contributed by atoms with Crippen LogP contribution in [0.15, 0.2) is 30.6 Å². The number of hydrogen-bond donors (Lipinski definition) is 0. The molecule has 90 valence electrons. The fraction of sp³-hybridized carbons (Fsp3) is 0.0833. The van der Waals surface area contributed by atoms with Gasteiger partial charge in [-0.2, -0.15) is 5.26 Å². The minimum absolute atomic E-state index is 0.229. The molecular weight excluding hydrogens is 345 g/mol. The summed E-state index contributed by atoms with van der Waals surface area (Å²) in [6, 6.07) is 7.16. The SMILES string of the molecule is COc1cc(C#N)cc(Oc2ncc(I)cn2)c1. The average molecular weight is 353 g/mol. The minimum Gasteiger partial charge on any atom is -0.497 e. The molecule has 18 heavy (non-hydrogen) atoms. The molecule has 1 aromatic heterocycles. The fourth-order valence-corrected chi connectivity index (χ4v) is 1.55. The van der Waals surface area contributed by atoms with Gasteiger partial charge in [-0.1, -0.05) is 0 Å². The zero-order chi connectivity index (χ0) is 13.0. The first kappa shape index (κ1) is 12.6. The van der Waals surface area contributed by atoms with Crippen molar-refractivity contribution < 1.29 is 9.47 Å². The number of rotatable bonds is 3. The van der Waals surface area contributed by atoms with Gasteiger partial charge in [0.15, 0.2) is 0 Å². The van der Waals surface area contributed by atoms with Crippen molar-refractivity contribution >= 4 is 22.6 Å². The van der Waals surface area contributed by atoms with Gasteiger partial charge in [-0.05, 0) is 34.7 Å². The molecule has 0 fully saturated rings. The van der Waals surface area contributed by atoms with E-state index in [1.807, 2.05) is 6.07 Å². The maximum atomic E-state index is 8.89. The second-order valence-corrected chi connectivity index (χ2v) is 4.54. The molecule has 1 aromatic carbocycles. The summed E-state index contributed by atoms with van der Waals surface area (Å²) in [5, 5.41) is 8.89. The van der Waals surface area contributed by atoms with Crippen molar-refractivity contribution in [1.82, 2.24) is 9.97 Å². The summed E-state index contributed by atoms with van der Waals surface area (Å²) in [5.41, 5.74) is 0.454. The third-order valence-corrected chi connectivity index (χ3v) is 2.61. The first-order chi connectivity index (χ1) is 8.71. The van der Waals surface area contributed by atoms with Crippen LogP contribution in [0.25, 0.3) is 0 Å². The van der Waals surface area contributed by atoms with E-state index in [4.69, 9.17) is 14.7 Å². The van der Waals surface area contributed by atoms with Gasteiger partial charge in [0.2, 0.25) is 0 Å². The summed E-state index contributed by atoms with van der Waals surface area (Å²) in [7, 11) is 1.53. The molecule has 1 heterocycles. The summed E-state index contributed by atoms with van der Waals surface area (Å²) < 4.78 is 11.5. The predicted molar refractivity (Wildman–Crippen MR) is 72.5 cm³/mol. The molecule has 0 spiro atoms. The Kier molecular flexibility index (Phi) is 3.94. The van der Waals surface area contributed by atoms with Gasteiger partial charge < -0.3 is 9.47 Å². The van der Waals surface area contributed by atoms with Gasteiger partial charge in [0.25, 0.3) is 0 Å². The summed E-state index contributed by atoms with van der Waals surface area (Å²) in [5.74, 6) is 1.02. The van der Waals surface area contributed by atoms with E-state index in [9.17, 15) is 0 Å².